The molecule has 0 bridgehead atoms. The molecule has 0 saturated carbocycles. The number of carbonyl (C=O) groups excluding carboxylic acids is 3. The number of carbonyl (C=O) groups is 3. The van der Waals surface area contributed by atoms with E-state index in [1.165, 1.54) is 11.8 Å². The van der Waals surface area contributed by atoms with Gasteiger partial charge >= 0.3 is 6.09 Å². The van der Waals surface area contributed by atoms with Gasteiger partial charge in [-0.05, 0) is 57.7 Å². The van der Waals surface area contributed by atoms with Crippen LogP contribution < -0.4 is 21.3 Å². The average molecular weight is 499 g/mol. The van der Waals surface area contributed by atoms with Gasteiger partial charge in [-0.25, -0.2) is 10.2 Å². The van der Waals surface area contributed by atoms with Gasteiger partial charge in [0.25, 0.3) is 0 Å². The van der Waals surface area contributed by atoms with Crippen LogP contribution in [0, 0.1) is 5.41 Å². The summed E-state index contributed by atoms with van der Waals surface area (Å²) in [7, 11) is 2.15. The number of hydrogen-bond acceptors (Lipinski definition) is 7. The van der Waals surface area contributed by atoms with Crippen molar-refractivity contribution >= 4 is 47.2 Å². The molecule has 9 nitrogen and oxygen atoms in total. The summed E-state index contributed by atoms with van der Waals surface area (Å²) >= 11 is 1.38. The molecule has 31 heavy (non-hydrogen) atoms. The predicted octanol–water partition coefficient (Wildman–Crippen LogP) is 1.89. The quantitative estimate of drug-likeness (QED) is 0.203. The molecule has 0 saturated heterocycles. The zero-order chi connectivity index (χ0) is 24.5. The summed E-state index contributed by atoms with van der Waals surface area (Å²) in [4.78, 5) is 40.7. The van der Waals surface area contributed by atoms with Gasteiger partial charge in [-0.15, -0.1) is 11.8 Å². The van der Waals surface area contributed by atoms with Crippen LogP contribution in [0.25, 0.3) is 0 Å². The van der Waals surface area contributed by atoms with E-state index in [1.807, 2.05) is 6.92 Å². The molecule has 0 aliphatic carbocycles. The Morgan fingerprint density at radius 3 is 2.26 bits per heavy atom. The van der Waals surface area contributed by atoms with Crippen LogP contribution >= 0.6 is 19.8 Å². The molecule has 182 valence electrons. The van der Waals surface area contributed by atoms with E-state index in [0.29, 0.717) is 18.7 Å². The monoisotopic (exact) mass is 498 g/mol. The largest absolute Gasteiger partial charge is 0.443 e. The number of hydrazine groups is 1. The van der Waals surface area contributed by atoms with Gasteiger partial charge in [0.05, 0.1) is 10.9 Å². The molecular weight excluding hydrogens is 459 g/mol. The second-order valence-electron chi connectivity index (χ2n) is 8.84. The number of aliphatic hydroxyl groups excluding tert-OH is 1. The topological polar surface area (TPSA) is 143 Å². The van der Waals surface area contributed by atoms with Crippen molar-refractivity contribution in [2.24, 2.45) is 11.1 Å². The molecular formula is C19H39N4O5PS2. The molecule has 0 spiro atoms. The molecule has 0 aliphatic heterocycles. The van der Waals surface area contributed by atoms with Crippen LogP contribution in [-0.4, -0.2) is 57.5 Å². The fourth-order valence-electron chi connectivity index (χ4n) is 2.69. The lowest BCUT2D eigenvalue weighted by Gasteiger charge is -2.37. The Hall–Kier alpha value is -0.710. The molecule has 6 N–H and O–H groups in total. The van der Waals surface area contributed by atoms with Crippen molar-refractivity contribution in [3.05, 3.63) is 0 Å². The van der Waals surface area contributed by atoms with Crippen molar-refractivity contribution in [2.75, 3.05) is 18.8 Å². The molecule has 0 aromatic rings. The van der Waals surface area contributed by atoms with Gasteiger partial charge in [-0.3, -0.25) is 9.59 Å². The molecule has 4 unspecified atom stereocenters. The van der Waals surface area contributed by atoms with Gasteiger partial charge in [0.2, 0.25) is 11.0 Å². The van der Waals surface area contributed by atoms with E-state index < -0.39 is 38.2 Å². The lowest BCUT2D eigenvalue weighted by atomic mass is 9.78. The minimum atomic E-state index is -1.23. The van der Waals surface area contributed by atoms with Crippen molar-refractivity contribution in [3.8, 4) is 0 Å². The van der Waals surface area contributed by atoms with Gasteiger partial charge in [0.1, 0.15) is 5.60 Å². The first-order valence-electron chi connectivity index (χ1n) is 10.1. The number of rotatable bonds is 12. The molecule has 4 atom stereocenters. The summed E-state index contributed by atoms with van der Waals surface area (Å²) in [5.41, 5.74) is 6.53. The Morgan fingerprint density at radius 2 is 1.81 bits per heavy atom. The second-order valence-corrected chi connectivity index (χ2v) is 12.9. The van der Waals surface area contributed by atoms with Crippen LogP contribution in [0.4, 0.5) is 4.79 Å². The number of hydrogen-bond donors (Lipinski definition) is 5. The highest BCUT2D eigenvalue weighted by Gasteiger charge is 2.44. The van der Waals surface area contributed by atoms with Crippen LogP contribution in [0.3, 0.4) is 0 Å². The van der Waals surface area contributed by atoms with Gasteiger partial charge in [0, 0.05) is 24.3 Å². The predicted molar refractivity (Wildman–Crippen MR) is 131 cm³/mol. The van der Waals surface area contributed by atoms with Crippen molar-refractivity contribution in [1.29, 1.82) is 0 Å². The summed E-state index contributed by atoms with van der Waals surface area (Å²) < 4.78 is 4.20. The summed E-state index contributed by atoms with van der Waals surface area (Å²) in [6.07, 6.45) is -0.610. The Morgan fingerprint density at radius 1 is 1.23 bits per heavy atom. The van der Waals surface area contributed by atoms with Gasteiger partial charge in [0.15, 0.2) is 0 Å². The lowest BCUT2D eigenvalue weighted by molar-refractivity contribution is -0.132. The highest BCUT2D eigenvalue weighted by molar-refractivity contribution is 8.26. The van der Waals surface area contributed by atoms with Gasteiger partial charge in [-0.2, -0.15) is 4.83 Å². The molecule has 0 fully saturated rings. The third kappa shape index (κ3) is 11.1. The number of thioether (sulfide) groups is 1. The van der Waals surface area contributed by atoms with E-state index in [-0.39, 0.29) is 24.0 Å². The van der Waals surface area contributed by atoms with Crippen LogP contribution in [0.1, 0.15) is 61.3 Å². The number of aliphatic hydroxyl groups is 1. The number of nitrogens with two attached hydrogens (primary N) is 1. The highest BCUT2D eigenvalue weighted by atomic mass is 32.5. The maximum atomic E-state index is 13.3. The van der Waals surface area contributed by atoms with Crippen molar-refractivity contribution in [3.63, 3.8) is 0 Å². The van der Waals surface area contributed by atoms with E-state index in [1.54, 1.807) is 41.5 Å². The van der Waals surface area contributed by atoms with Crippen LogP contribution in [-0.2, 0) is 24.6 Å². The molecule has 0 heterocycles. The first kappa shape index (κ1) is 30.3. The first-order valence-corrected chi connectivity index (χ1v) is 13.6. The number of amides is 2. The van der Waals surface area contributed by atoms with Gasteiger partial charge < -0.3 is 20.9 Å². The van der Waals surface area contributed by atoms with E-state index in [4.69, 9.17) is 10.5 Å². The third-order valence-corrected chi connectivity index (χ3v) is 7.95. The second kappa shape index (κ2) is 13.1. The molecule has 0 aliphatic rings. The smallest absolute Gasteiger partial charge is 0.422 e. The van der Waals surface area contributed by atoms with E-state index in [0.717, 1.165) is 0 Å². The molecule has 0 aromatic heterocycles. The fraction of sp³-hybridized carbons (Fsp3) is 0.842. The Labute approximate surface area is 194 Å². The number of nitrogens with one attached hydrogen (secondary N) is 3. The Balaban J connectivity index is 5.45. The van der Waals surface area contributed by atoms with E-state index in [2.05, 4.69) is 23.6 Å². The van der Waals surface area contributed by atoms with E-state index >= 15 is 0 Å². The minimum absolute atomic E-state index is 0.138. The summed E-state index contributed by atoms with van der Waals surface area (Å²) in [6, 6.07) is 0. The maximum Gasteiger partial charge on any atom is 0.422 e. The molecule has 0 radical (unpaired) electrons. The maximum absolute atomic E-state index is 13.3. The van der Waals surface area contributed by atoms with Crippen LogP contribution in [0.5, 0.6) is 0 Å². The Bertz CT molecular complexity index is 660. The van der Waals surface area contributed by atoms with E-state index in [9.17, 15) is 19.5 Å². The highest BCUT2D eigenvalue weighted by Crippen LogP contribution is 2.41. The zero-order valence-electron chi connectivity index (χ0n) is 19.6. The average Bonchev–Trinajstić information content (AvgIpc) is 2.66. The zero-order valence-corrected chi connectivity index (χ0v) is 22.2. The third-order valence-electron chi connectivity index (χ3n) is 4.42. The van der Waals surface area contributed by atoms with Crippen molar-refractivity contribution in [2.45, 2.75) is 77.8 Å². The number of ether oxygens (including phenoxy) is 1. The van der Waals surface area contributed by atoms with Gasteiger partial charge in [-0.1, -0.05) is 21.9 Å². The molecule has 0 aromatic carbocycles. The standard InChI is InChI=1S/C19H39N4O5PS2/c1-8-18(6,14(25)21-11-13(2)24)12-19(7,30-10-9-20)15(26)31(29)23-22-16(27)28-17(3,4)5/h13,23-24,29H,8-12,20H2,1-7H3,(H,21,25)(H,22,27). The first-order chi connectivity index (χ1) is 14.1. The molecule has 2 amide bonds. The Kier molecular flexibility index (Phi) is 12.8. The normalized spacial score (nSPS) is 17.6. The van der Waals surface area contributed by atoms with Crippen molar-refractivity contribution in [1.82, 2.24) is 15.6 Å². The van der Waals surface area contributed by atoms with Crippen LogP contribution in [0.2, 0.25) is 0 Å². The van der Waals surface area contributed by atoms with Crippen LogP contribution in [0.15, 0.2) is 0 Å². The van der Waals surface area contributed by atoms with Crippen molar-refractivity contribution < 1.29 is 24.2 Å². The summed E-state index contributed by atoms with van der Waals surface area (Å²) in [5.74, 6) is 0.303. The molecule has 0 rings (SSSR count). The minimum Gasteiger partial charge on any atom is -0.443 e. The fourth-order valence-corrected chi connectivity index (χ4v) is 6.06. The summed E-state index contributed by atoms with van der Waals surface area (Å²) in [6.45, 7) is 12.8. The summed E-state index contributed by atoms with van der Waals surface area (Å²) in [5, 5.41) is 12.0. The molecule has 12 heteroatoms. The lowest BCUT2D eigenvalue weighted by Crippen LogP contribution is -2.50. The SMILES string of the molecule is CCC(C)(CC(C)(SCCN)C(=O)S(=P)NNC(=O)OC(C)(C)C)C(=O)NCC(C)O.